The SMILES string of the molecule is CNC1c2ccccc2NN1N(CS(=O)[O-])S(=O)(=O)c1ccccc1. The van der Waals surface area contributed by atoms with Crippen LogP contribution in [0.4, 0.5) is 5.69 Å². The second-order valence-electron chi connectivity index (χ2n) is 5.31. The van der Waals surface area contributed by atoms with Gasteiger partial charge in [0.05, 0.1) is 16.5 Å². The predicted octanol–water partition coefficient (Wildman–Crippen LogP) is 0.990. The van der Waals surface area contributed by atoms with Crippen molar-refractivity contribution < 1.29 is 17.2 Å². The summed E-state index contributed by atoms with van der Waals surface area (Å²) < 4.78 is 49.5. The highest BCUT2D eigenvalue weighted by Gasteiger charge is 2.39. The van der Waals surface area contributed by atoms with Gasteiger partial charge in [0.2, 0.25) is 0 Å². The van der Waals surface area contributed by atoms with Gasteiger partial charge in [-0.05, 0) is 36.3 Å². The molecule has 1 aliphatic rings. The molecule has 3 rings (SSSR count). The molecule has 134 valence electrons. The average molecular weight is 381 g/mol. The first-order valence-corrected chi connectivity index (χ1v) is 10.1. The van der Waals surface area contributed by atoms with Crippen LogP contribution < -0.4 is 10.7 Å². The molecule has 0 amide bonds. The van der Waals surface area contributed by atoms with E-state index >= 15 is 0 Å². The minimum Gasteiger partial charge on any atom is -0.771 e. The maximum absolute atomic E-state index is 13.0. The van der Waals surface area contributed by atoms with Crippen molar-refractivity contribution in [3.63, 3.8) is 0 Å². The van der Waals surface area contributed by atoms with Crippen LogP contribution in [0.15, 0.2) is 59.5 Å². The Morgan fingerprint density at radius 2 is 1.84 bits per heavy atom. The number of hydrogen-bond donors (Lipinski definition) is 2. The Morgan fingerprint density at radius 1 is 1.20 bits per heavy atom. The second kappa shape index (κ2) is 7.20. The van der Waals surface area contributed by atoms with E-state index in [-0.39, 0.29) is 4.90 Å². The number of hydrazine groups is 2. The highest BCUT2D eigenvalue weighted by atomic mass is 32.2. The van der Waals surface area contributed by atoms with Gasteiger partial charge >= 0.3 is 0 Å². The topological polar surface area (TPSA) is 105 Å². The van der Waals surface area contributed by atoms with E-state index in [1.54, 1.807) is 31.3 Å². The molecule has 2 aromatic carbocycles. The van der Waals surface area contributed by atoms with Crippen molar-refractivity contribution in [2.24, 2.45) is 0 Å². The molecule has 0 radical (unpaired) electrons. The maximum atomic E-state index is 13.0. The number of anilines is 1. The van der Waals surface area contributed by atoms with Gasteiger partial charge in [-0.25, -0.2) is 8.42 Å². The van der Waals surface area contributed by atoms with E-state index in [9.17, 15) is 17.2 Å². The van der Waals surface area contributed by atoms with Gasteiger partial charge in [-0.1, -0.05) is 40.8 Å². The van der Waals surface area contributed by atoms with Crippen molar-refractivity contribution in [3.05, 3.63) is 60.2 Å². The van der Waals surface area contributed by atoms with E-state index in [1.165, 1.54) is 17.3 Å². The molecule has 2 aromatic rings. The van der Waals surface area contributed by atoms with E-state index < -0.39 is 33.1 Å². The molecule has 0 saturated carbocycles. The van der Waals surface area contributed by atoms with Crippen LogP contribution in [0.25, 0.3) is 0 Å². The van der Waals surface area contributed by atoms with Gasteiger partial charge in [-0.15, -0.1) is 5.12 Å². The smallest absolute Gasteiger partial charge is 0.258 e. The van der Waals surface area contributed by atoms with E-state index in [0.29, 0.717) is 5.69 Å². The Balaban J connectivity index is 2.04. The van der Waals surface area contributed by atoms with Crippen molar-refractivity contribution in [2.45, 2.75) is 11.1 Å². The Labute approximate surface area is 148 Å². The number of rotatable bonds is 6. The van der Waals surface area contributed by atoms with Gasteiger partial charge in [-0.3, -0.25) is 9.53 Å². The largest absolute Gasteiger partial charge is 0.771 e. The first kappa shape index (κ1) is 18.0. The third-order valence-electron chi connectivity index (χ3n) is 3.78. The van der Waals surface area contributed by atoms with Crippen molar-refractivity contribution in [2.75, 3.05) is 18.4 Å². The highest BCUT2D eigenvalue weighted by Crippen LogP contribution is 2.35. The minimum absolute atomic E-state index is 0.00746. The normalized spacial score (nSPS) is 18.8. The van der Waals surface area contributed by atoms with Crippen LogP contribution in [-0.2, 0) is 21.1 Å². The summed E-state index contributed by atoms with van der Waals surface area (Å²) in [5.41, 5.74) is 4.48. The first-order valence-electron chi connectivity index (χ1n) is 7.41. The second-order valence-corrected chi connectivity index (χ2v) is 8.02. The Hall–Kier alpha value is -1.82. The fourth-order valence-corrected chi connectivity index (χ4v) is 4.90. The Kier molecular flexibility index (Phi) is 5.18. The molecule has 10 heteroatoms. The quantitative estimate of drug-likeness (QED) is 0.719. The third kappa shape index (κ3) is 3.45. The molecule has 0 fully saturated rings. The van der Waals surface area contributed by atoms with Crippen LogP contribution >= 0.6 is 0 Å². The van der Waals surface area contributed by atoms with E-state index in [1.807, 2.05) is 18.2 Å². The lowest BCUT2D eigenvalue weighted by molar-refractivity contribution is 0.0539. The number of para-hydroxylation sites is 1. The molecule has 0 saturated heterocycles. The number of benzene rings is 2. The van der Waals surface area contributed by atoms with Crippen LogP contribution in [0, 0.1) is 0 Å². The Bertz CT molecular complexity index is 876. The van der Waals surface area contributed by atoms with Crippen LogP contribution in [0.3, 0.4) is 0 Å². The molecule has 25 heavy (non-hydrogen) atoms. The molecule has 0 bridgehead atoms. The zero-order valence-corrected chi connectivity index (χ0v) is 15.0. The summed E-state index contributed by atoms with van der Waals surface area (Å²) in [4.78, 5) is 0.00746. The molecule has 1 heterocycles. The van der Waals surface area contributed by atoms with Crippen molar-refractivity contribution in [3.8, 4) is 0 Å². The van der Waals surface area contributed by atoms with Crippen molar-refractivity contribution in [1.29, 1.82) is 0 Å². The third-order valence-corrected chi connectivity index (χ3v) is 6.13. The van der Waals surface area contributed by atoms with Crippen LogP contribution in [0.2, 0.25) is 0 Å². The van der Waals surface area contributed by atoms with Gasteiger partial charge in [0, 0.05) is 5.56 Å². The molecule has 1 aliphatic heterocycles. The average Bonchev–Trinajstić information content (AvgIpc) is 2.98. The van der Waals surface area contributed by atoms with Gasteiger partial charge in [0.1, 0.15) is 6.17 Å². The molecule has 2 unspecified atom stereocenters. The lowest BCUT2D eigenvalue weighted by Gasteiger charge is -2.34. The standard InChI is InChI=1S/C15H18N4O4S2/c1-16-15-13-9-5-6-10-14(13)17-19(15)18(11-24(20)21)25(22,23)12-7-3-2-4-8-12/h2-10,15-17H,11H2,1H3,(H,20,21)/p-1. The van der Waals surface area contributed by atoms with Crippen LogP contribution in [0.5, 0.6) is 0 Å². The van der Waals surface area contributed by atoms with Crippen molar-refractivity contribution >= 4 is 26.8 Å². The number of nitrogens with zero attached hydrogens (tertiary/aromatic N) is 2. The minimum atomic E-state index is -4.08. The number of hydrogen-bond acceptors (Lipinski definition) is 7. The summed E-state index contributed by atoms with van der Waals surface area (Å²) in [6.07, 6.45) is -0.543. The maximum Gasteiger partial charge on any atom is 0.258 e. The summed E-state index contributed by atoms with van der Waals surface area (Å²) in [7, 11) is -2.41. The highest BCUT2D eigenvalue weighted by molar-refractivity contribution is 7.90. The summed E-state index contributed by atoms with van der Waals surface area (Å²) in [5, 5.41) is 4.28. The van der Waals surface area contributed by atoms with E-state index in [4.69, 9.17) is 0 Å². The summed E-state index contributed by atoms with van der Waals surface area (Å²) in [6, 6.07) is 15.0. The summed E-state index contributed by atoms with van der Waals surface area (Å²) >= 11 is -2.61. The van der Waals surface area contributed by atoms with Gasteiger partial charge in [-0.2, -0.15) is 0 Å². The zero-order valence-electron chi connectivity index (χ0n) is 13.3. The lowest BCUT2D eigenvalue weighted by atomic mass is 10.1. The fraction of sp³-hybridized carbons (Fsp3) is 0.200. The van der Waals surface area contributed by atoms with Crippen molar-refractivity contribution in [1.82, 2.24) is 14.8 Å². The van der Waals surface area contributed by atoms with Gasteiger partial charge < -0.3 is 9.98 Å². The number of fused-ring (bicyclic) bond motifs is 1. The molecule has 0 aromatic heterocycles. The van der Waals surface area contributed by atoms with Gasteiger partial charge in [0.25, 0.3) is 10.0 Å². The molecular weight excluding hydrogens is 364 g/mol. The van der Waals surface area contributed by atoms with E-state index in [0.717, 1.165) is 9.98 Å². The van der Waals surface area contributed by atoms with Crippen LogP contribution in [-0.4, -0.2) is 39.6 Å². The zero-order chi connectivity index (χ0) is 18.0. The Morgan fingerprint density at radius 3 is 2.48 bits per heavy atom. The number of sulfonamides is 1. The molecule has 2 atom stereocenters. The molecule has 0 aliphatic carbocycles. The predicted molar refractivity (Wildman–Crippen MR) is 93.0 cm³/mol. The van der Waals surface area contributed by atoms with Gasteiger partial charge in [0.15, 0.2) is 0 Å². The fourth-order valence-electron chi connectivity index (χ4n) is 2.67. The summed E-state index contributed by atoms with van der Waals surface area (Å²) in [6.45, 7) is 0. The monoisotopic (exact) mass is 381 g/mol. The lowest BCUT2D eigenvalue weighted by Crippen LogP contribution is -2.52. The first-order chi connectivity index (χ1) is 11.9. The van der Waals surface area contributed by atoms with Crippen LogP contribution in [0.1, 0.15) is 11.7 Å². The molecule has 0 spiro atoms. The molecular formula is C15H17N4O4S2-. The summed E-state index contributed by atoms with van der Waals surface area (Å²) in [5.74, 6) is -0.712. The molecule has 2 N–H and O–H groups in total. The molecule has 8 nitrogen and oxygen atoms in total. The van der Waals surface area contributed by atoms with E-state index in [2.05, 4.69) is 10.7 Å². The number of nitrogens with one attached hydrogen (secondary N) is 2.